The van der Waals surface area contributed by atoms with Crippen LogP contribution in [0.5, 0.6) is 0 Å². The number of rotatable bonds is 10. The zero-order valence-corrected chi connectivity index (χ0v) is 15.0. The highest BCUT2D eigenvalue weighted by Crippen LogP contribution is 2.21. The maximum Gasteiger partial charge on any atom is 0.187 e. The van der Waals surface area contributed by atoms with Gasteiger partial charge in [0.05, 0.1) is 19.3 Å². The molecule has 0 aromatic heterocycles. The van der Waals surface area contributed by atoms with E-state index in [1.54, 1.807) is 0 Å². The normalized spacial score (nSPS) is 13.4. The molecular formula is C18H30O2Si. The average molecular weight is 307 g/mol. The summed E-state index contributed by atoms with van der Waals surface area (Å²) in [6.45, 7) is 14.2. The fourth-order valence-corrected chi connectivity index (χ4v) is 5.83. The molecule has 1 rings (SSSR count). The van der Waals surface area contributed by atoms with Crippen LogP contribution < -0.4 is 0 Å². The summed E-state index contributed by atoms with van der Waals surface area (Å²) in [6.07, 6.45) is 2.91. The lowest BCUT2D eigenvalue weighted by atomic mass is 10.2. The molecular weight excluding hydrogens is 276 g/mol. The minimum absolute atomic E-state index is 0.131. The molecule has 0 aliphatic heterocycles. The van der Waals surface area contributed by atoms with Gasteiger partial charge in [0.15, 0.2) is 8.32 Å². The molecule has 0 N–H and O–H groups in total. The minimum atomic E-state index is -1.62. The molecule has 1 atom stereocenters. The third-order valence-corrected chi connectivity index (χ3v) is 6.00. The lowest BCUT2D eigenvalue weighted by Gasteiger charge is -2.30. The van der Waals surface area contributed by atoms with Crippen molar-refractivity contribution in [2.45, 2.75) is 52.1 Å². The Labute approximate surface area is 131 Å². The first kappa shape index (κ1) is 18.1. The van der Waals surface area contributed by atoms with Crippen LogP contribution in [0.2, 0.25) is 19.1 Å². The van der Waals surface area contributed by atoms with Crippen LogP contribution in [-0.2, 0) is 15.8 Å². The van der Waals surface area contributed by atoms with Crippen molar-refractivity contribution < 1.29 is 9.16 Å². The van der Waals surface area contributed by atoms with E-state index in [0.29, 0.717) is 19.1 Å². The fourth-order valence-electron chi connectivity index (χ4n) is 2.70. The number of benzene rings is 1. The molecule has 0 saturated carbocycles. The molecule has 0 fully saturated rings. The van der Waals surface area contributed by atoms with Gasteiger partial charge in [-0.05, 0) is 37.0 Å². The van der Waals surface area contributed by atoms with Crippen LogP contribution in [0.15, 0.2) is 43.0 Å². The molecule has 21 heavy (non-hydrogen) atoms. The summed E-state index contributed by atoms with van der Waals surface area (Å²) in [6, 6.07) is 11.4. The van der Waals surface area contributed by atoms with E-state index in [0.717, 1.165) is 6.42 Å². The zero-order chi connectivity index (χ0) is 15.7. The lowest BCUT2D eigenvalue weighted by Crippen LogP contribution is -2.38. The van der Waals surface area contributed by atoms with Gasteiger partial charge in [0, 0.05) is 0 Å². The van der Waals surface area contributed by atoms with Gasteiger partial charge in [0.1, 0.15) is 0 Å². The quantitative estimate of drug-likeness (QED) is 0.446. The monoisotopic (exact) mass is 306 g/mol. The summed E-state index contributed by atoms with van der Waals surface area (Å²) in [4.78, 5) is 0. The van der Waals surface area contributed by atoms with Gasteiger partial charge in [-0.25, -0.2) is 0 Å². The van der Waals surface area contributed by atoms with Crippen molar-refractivity contribution in [3.05, 3.63) is 48.6 Å². The van der Waals surface area contributed by atoms with E-state index < -0.39 is 8.32 Å². The molecule has 1 aromatic carbocycles. The van der Waals surface area contributed by atoms with Gasteiger partial charge >= 0.3 is 0 Å². The summed E-state index contributed by atoms with van der Waals surface area (Å²) in [5, 5.41) is 0. The Morgan fingerprint density at radius 3 is 2.43 bits per heavy atom. The van der Waals surface area contributed by atoms with Crippen molar-refractivity contribution in [1.82, 2.24) is 0 Å². The predicted molar refractivity (Wildman–Crippen MR) is 92.9 cm³/mol. The third-order valence-electron chi connectivity index (χ3n) is 3.23. The molecule has 0 saturated heterocycles. The summed E-state index contributed by atoms with van der Waals surface area (Å²) >= 11 is 0. The number of hydrogen-bond donors (Lipinski definition) is 0. The lowest BCUT2D eigenvalue weighted by molar-refractivity contribution is 0.0379. The summed E-state index contributed by atoms with van der Waals surface area (Å²) in [7, 11) is -1.62. The summed E-state index contributed by atoms with van der Waals surface area (Å²) < 4.78 is 12.2. The first-order chi connectivity index (χ1) is 9.93. The molecule has 0 radical (unpaired) electrons. The van der Waals surface area contributed by atoms with Crippen LogP contribution in [-0.4, -0.2) is 21.0 Å². The highest BCUT2D eigenvalue weighted by Gasteiger charge is 2.27. The molecule has 0 heterocycles. The Morgan fingerprint density at radius 1 is 1.19 bits per heavy atom. The summed E-state index contributed by atoms with van der Waals surface area (Å²) in [5.41, 5.74) is 1.20. The minimum Gasteiger partial charge on any atom is -0.412 e. The van der Waals surface area contributed by atoms with Crippen molar-refractivity contribution in [3.8, 4) is 0 Å². The Morgan fingerprint density at radius 2 is 1.86 bits per heavy atom. The molecule has 1 aromatic rings. The molecule has 0 aliphatic rings. The van der Waals surface area contributed by atoms with Crippen molar-refractivity contribution in [2.24, 2.45) is 5.92 Å². The highest BCUT2D eigenvalue weighted by atomic mass is 28.4. The molecule has 0 unspecified atom stereocenters. The Bertz CT molecular complexity index is 401. The van der Waals surface area contributed by atoms with Crippen LogP contribution in [0.4, 0.5) is 0 Å². The molecule has 0 aliphatic carbocycles. The molecule has 118 valence electrons. The van der Waals surface area contributed by atoms with Crippen LogP contribution in [0.25, 0.3) is 0 Å². The number of hydrogen-bond acceptors (Lipinski definition) is 2. The second-order valence-electron chi connectivity index (χ2n) is 6.62. The van der Waals surface area contributed by atoms with E-state index in [9.17, 15) is 0 Å². The van der Waals surface area contributed by atoms with Crippen LogP contribution in [0.3, 0.4) is 0 Å². The van der Waals surface area contributed by atoms with E-state index in [-0.39, 0.29) is 6.10 Å². The van der Waals surface area contributed by atoms with Crippen molar-refractivity contribution >= 4 is 8.32 Å². The molecule has 0 bridgehead atoms. The van der Waals surface area contributed by atoms with Gasteiger partial charge in [-0.3, -0.25) is 0 Å². The fraction of sp³-hybridized carbons (Fsp3) is 0.556. The van der Waals surface area contributed by atoms with Gasteiger partial charge in [0.2, 0.25) is 0 Å². The van der Waals surface area contributed by atoms with Gasteiger partial charge in [0.25, 0.3) is 0 Å². The molecule has 3 heteroatoms. The maximum atomic E-state index is 6.37. The first-order valence-corrected chi connectivity index (χ1v) is 10.9. The molecule has 0 amide bonds. The van der Waals surface area contributed by atoms with Gasteiger partial charge in [-0.15, -0.1) is 6.58 Å². The largest absolute Gasteiger partial charge is 0.412 e. The van der Waals surface area contributed by atoms with Gasteiger partial charge < -0.3 is 9.16 Å². The zero-order valence-electron chi connectivity index (χ0n) is 14.0. The van der Waals surface area contributed by atoms with E-state index >= 15 is 0 Å². The second kappa shape index (κ2) is 9.18. The van der Waals surface area contributed by atoms with Crippen LogP contribution >= 0.6 is 0 Å². The average Bonchev–Trinajstić information content (AvgIpc) is 2.38. The second-order valence-corrected chi connectivity index (χ2v) is 10.8. The van der Waals surface area contributed by atoms with Gasteiger partial charge in [-0.2, -0.15) is 0 Å². The van der Waals surface area contributed by atoms with E-state index in [1.807, 2.05) is 24.3 Å². The van der Waals surface area contributed by atoms with Gasteiger partial charge in [-0.1, -0.05) is 50.3 Å². The predicted octanol–water partition coefficient (Wildman–Crippen LogP) is 5.03. The van der Waals surface area contributed by atoms with Crippen molar-refractivity contribution in [2.75, 3.05) is 6.61 Å². The first-order valence-electron chi connectivity index (χ1n) is 7.83. The Balaban J connectivity index is 2.44. The Hall–Kier alpha value is -0.903. The van der Waals surface area contributed by atoms with Crippen LogP contribution in [0.1, 0.15) is 25.8 Å². The van der Waals surface area contributed by atoms with E-state index in [1.165, 1.54) is 11.6 Å². The molecule has 0 spiro atoms. The topological polar surface area (TPSA) is 18.5 Å². The number of ether oxygens (including phenoxy) is 1. The summed E-state index contributed by atoms with van der Waals surface area (Å²) in [5.74, 6) is 0.682. The molecule has 2 nitrogen and oxygen atoms in total. The van der Waals surface area contributed by atoms with E-state index in [4.69, 9.17) is 9.16 Å². The maximum absolute atomic E-state index is 6.37. The van der Waals surface area contributed by atoms with Crippen molar-refractivity contribution in [1.29, 1.82) is 0 Å². The SMILES string of the molecule is C=CC[C@H](COCc1ccccc1)O[Si](C)(C)CC(C)C. The van der Waals surface area contributed by atoms with E-state index in [2.05, 4.69) is 45.7 Å². The third kappa shape index (κ3) is 8.20. The smallest absolute Gasteiger partial charge is 0.187 e. The standard InChI is InChI=1S/C18H30O2Si/c1-6-10-18(20-21(4,5)15-16(2)3)14-19-13-17-11-8-7-9-12-17/h6-9,11-12,16,18H,1,10,13-15H2,2-5H3/t18-/m1/s1. The Kier molecular flexibility index (Phi) is 7.94. The van der Waals surface area contributed by atoms with Crippen molar-refractivity contribution in [3.63, 3.8) is 0 Å². The highest BCUT2D eigenvalue weighted by molar-refractivity contribution is 6.71. The van der Waals surface area contributed by atoms with Crippen LogP contribution in [0, 0.1) is 5.92 Å².